The SMILES string of the molecule is COc1cccc(C(=O)/C(C#N)=C/c2ccc(OC)c(OCC(C)C)c2)c1. The van der Waals surface area contributed by atoms with Crippen LogP contribution in [0.5, 0.6) is 17.2 Å². The van der Waals surface area contributed by atoms with Crippen LogP contribution < -0.4 is 14.2 Å². The van der Waals surface area contributed by atoms with Gasteiger partial charge in [-0.05, 0) is 41.8 Å². The Hall–Kier alpha value is -3.26. The fourth-order valence-corrected chi connectivity index (χ4v) is 2.39. The van der Waals surface area contributed by atoms with E-state index in [1.54, 1.807) is 55.7 Å². The maximum atomic E-state index is 12.7. The van der Waals surface area contributed by atoms with Crippen LogP contribution in [-0.4, -0.2) is 26.6 Å². The zero-order valence-electron chi connectivity index (χ0n) is 16.0. The predicted octanol–water partition coefficient (Wildman–Crippen LogP) is 4.53. The van der Waals surface area contributed by atoms with Crippen LogP contribution in [0.3, 0.4) is 0 Å². The highest BCUT2D eigenvalue weighted by molar-refractivity contribution is 6.14. The molecule has 5 nitrogen and oxygen atoms in total. The first-order chi connectivity index (χ1) is 13.0. The van der Waals surface area contributed by atoms with Gasteiger partial charge in [-0.15, -0.1) is 0 Å². The second-order valence-electron chi connectivity index (χ2n) is 6.35. The molecule has 0 radical (unpaired) electrons. The monoisotopic (exact) mass is 365 g/mol. The van der Waals surface area contributed by atoms with Crippen molar-refractivity contribution < 1.29 is 19.0 Å². The average molecular weight is 365 g/mol. The van der Waals surface area contributed by atoms with Crippen LogP contribution in [-0.2, 0) is 0 Å². The van der Waals surface area contributed by atoms with Crippen LogP contribution in [0.4, 0.5) is 0 Å². The van der Waals surface area contributed by atoms with Crippen LogP contribution in [0, 0.1) is 17.2 Å². The third kappa shape index (κ3) is 5.35. The van der Waals surface area contributed by atoms with E-state index in [1.165, 1.54) is 7.11 Å². The molecule has 0 N–H and O–H groups in total. The van der Waals surface area contributed by atoms with Gasteiger partial charge in [0.25, 0.3) is 0 Å². The lowest BCUT2D eigenvalue weighted by Gasteiger charge is -2.13. The fraction of sp³-hybridized carbons (Fsp3) is 0.273. The summed E-state index contributed by atoms with van der Waals surface area (Å²) >= 11 is 0. The van der Waals surface area contributed by atoms with Crippen molar-refractivity contribution in [3.05, 3.63) is 59.2 Å². The number of ether oxygens (including phenoxy) is 3. The summed E-state index contributed by atoms with van der Waals surface area (Å²) in [6.07, 6.45) is 1.55. The number of allylic oxidation sites excluding steroid dienone is 1. The third-order valence-corrected chi connectivity index (χ3v) is 3.77. The molecule has 2 rings (SSSR count). The Labute approximate surface area is 159 Å². The third-order valence-electron chi connectivity index (χ3n) is 3.77. The van der Waals surface area contributed by atoms with Gasteiger partial charge in [0.05, 0.1) is 20.8 Å². The molecule has 140 valence electrons. The summed E-state index contributed by atoms with van der Waals surface area (Å²) in [5, 5.41) is 9.47. The van der Waals surface area contributed by atoms with Crippen LogP contribution in [0.1, 0.15) is 29.8 Å². The molecule has 0 fully saturated rings. The first-order valence-electron chi connectivity index (χ1n) is 8.59. The van der Waals surface area contributed by atoms with Gasteiger partial charge in [-0.1, -0.05) is 32.0 Å². The van der Waals surface area contributed by atoms with Crippen LogP contribution in [0.15, 0.2) is 48.0 Å². The van der Waals surface area contributed by atoms with Gasteiger partial charge in [-0.2, -0.15) is 5.26 Å². The lowest BCUT2D eigenvalue weighted by atomic mass is 10.0. The number of benzene rings is 2. The minimum absolute atomic E-state index is 0.0308. The minimum atomic E-state index is -0.364. The van der Waals surface area contributed by atoms with Gasteiger partial charge in [-0.25, -0.2) is 0 Å². The molecule has 2 aromatic carbocycles. The molecule has 0 heterocycles. The fourth-order valence-electron chi connectivity index (χ4n) is 2.39. The summed E-state index contributed by atoms with van der Waals surface area (Å²) in [6.45, 7) is 4.64. The number of nitriles is 1. The molecule has 0 atom stereocenters. The van der Waals surface area contributed by atoms with E-state index in [1.807, 2.05) is 6.07 Å². The smallest absolute Gasteiger partial charge is 0.203 e. The maximum absolute atomic E-state index is 12.7. The number of ketones is 1. The molecule has 27 heavy (non-hydrogen) atoms. The van der Waals surface area contributed by atoms with Gasteiger partial charge in [0, 0.05) is 5.56 Å². The highest BCUT2D eigenvalue weighted by Crippen LogP contribution is 2.29. The summed E-state index contributed by atoms with van der Waals surface area (Å²) < 4.78 is 16.2. The molecule has 2 aromatic rings. The van der Waals surface area contributed by atoms with Crippen molar-refractivity contribution in [2.75, 3.05) is 20.8 Å². The highest BCUT2D eigenvalue weighted by atomic mass is 16.5. The summed E-state index contributed by atoms with van der Waals surface area (Å²) in [4.78, 5) is 12.7. The van der Waals surface area contributed by atoms with Crippen LogP contribution >= 0.6 is 0 Å². The molecule has 0 bridgehead atoms. The Morgan fingerprint density at radius 2 is 1.89 bits per heavy atom. The molecule has 0 aromatic heterocycles. The Balaban J connectivity index is 2.34. The molecular formula is C22H23NO4. The molecule has 0 unspecified atom stereocenters. The van der Waals surface area contributed by atoms with E-state index in [-0.39, 0.29) is 11.4 Å². The van der Waals surface area contributed by atoms with E-state index in [0.717, 1.165) is 0 Å². The van der Waals surface area contributed by atoms with Crippen molar-refractivity contribution in [2.45, 2.75) is 13.8 Å². The van der Waals surface area contributed by atoms with Gasteiger partial charge in [0.15, 0.2) is 11.5 Å². The van der Waals surface area contributed by atoms with E-state index in [0.29, 0.717) is 40.9 Å². The second-order valence-corrected chi connectivity index (χ2v) is 6.35. The van der Waals surface area contributed by atoms with Crippen LogP contribution in [0.2, 0.25) is 0 Å². The molecular weight excluding hydrogens is 342 g/mol. The van der Waals surface area contributed by atoms with Gasteiger partial charge in [0.2, 0.25) is 5.78 Å². The average Bonchev–Trinajstić information content (AvgIpc) is 2.70. The zero-order valence-corrected chi connectivity index (χ0v) is 16.0. The maximum Gasteiger partial charge on any atom is 0.203 e. The molecule has 0 aliphatic carbocycles. The molecule has 0 saturated heterocycles. The number of Topliss-reactive ketones (excluding diaryl/α,β-unsaturated/α-hetero) is 1. The topological polar surface area (TPSA) is 68.6 Å². The second kappa shape index (κ2) is 9.44. The van der Waals surface area contributed by atoms with Crippen LogP contribution in [0.25, 0.3) is 6.08 Å². The number of carbonyl (C=O) groups excluding carboxylic acids is 1. The number of hydrogen-bond donors (Lipinski definition) is 0. The van der Waals surface area contributed by atoms with Gasteiger partial charge < -0.3 is 14.2 Å². The molecule has 0 aliphatic heterocycles. The van der Waals surface area contributed by atoms with Gasteiger partial charge in [0.1, 0.15) is 17.4 Å². The summed E-state index contributed by atoms with van der Waals surface area (Å²) in [7, 11) is 3.10. The summed E-state index contributed by atoms with van der Waals surface area (Å²) in [5.41, 5.74) is 1.11. The standard InChI is InChI=1S/C22H23NO4/c1-15(2)14-27-21-11-16(8-9-20(21)26-4)10-18(13-23)22(24)17-6-5-7-19(12-17)25-3/h5-12,15H,14H2,1-4H3/b18-10+. The number of methoxy groups -OCH3 is 2. The first kappa shape index (κ1) is 20.1. The van der Waals surface area contributed by atoms with Crippen molar-refractivity contribution in [3.63, 3.8) is 0 Å². The number of nitrogens with zero attached hydrogens (tertiary/aromatic N) is 1. The molecule has 0 amide bonds. The molecule has 5 heteroatoms. The molecule has 0 spiro atoms. The summed E-state index contributed by atoms with van der Waals surface area (Å²) in [6, 6.07) is 14.0. The van der Waals surface area contributed by atoms with E-state index in [2.05, 4.69) is 13.8 Å². The Kier molecular flexibility index (Phi) is 7.01. The first-order valence-corrected chi connectivity index (χ1v) is 8.59. The molecule has 0 saturated carbocycles. The van der Waals surface area contributed by atoms with E-state index in [9.17, 15) is 10.1 Å². The normalized spacial score (nSPS) is 11.0. The Morgan fingerprint density at radius 1 is 1.11 bits per heavy atom. The van der Waals surface area contributed by atoms with Crippen molar-refractivity contribution in [2.24, 2.45) is 5.92 Å². The van der Waals surface area contributed by atoms with Crippen molar-refractivity contribution >= 4 is 11.9 Å². The lowest BCUT2D eigenvalue weighted by molar-refractivity contribution is 0.103. The highest BCUT2D eigenvalue weighted by Gasteiger charge is 2.14. The van der Waals surface area contributed by atoms with Crippen molar-refractivity contribution in [1.29, 1.82) is 5.26 Å². The van der Waals surface area contributed by atoms with Crippen molar-refractivity contribution in [3.8, 4) is 23.3 Å². The van der Waals surface area contributed by atoms with E-state index < -0.39 is 0 Å². The lowest BCUT2D eigenvalue weighted by Crippen LogP contribution is -2.06. The summed E-state index contributed by atoms with van der Waals surface area (Å²) in [5.74, 6) is 1.73. The zero-order chi connectivity index (χ0) is 19.8. The van der Waals surface area contributed by atoms with Crippen molar-refractivity contribution in [1.82, 2.24) is 0 Å². The Morgan fingerprint density at radius 3 is 2.52 bits per heavy atom. The number of carbonyl (C=O) groups is 1. The number of hydrogen-bond acceptors (Lipinski definition) is 5. The van der Waals surface area contributed by atoms with Gasteiger partial charge >= 0.3 is 0 Å². The Bertz CT molecular complexity index is 878. The van der Waals surface area contributed by atoms with E-state index >= 15 is 0 Å². The molecule has 0 aliphatic rings. The minimum Gasteiger partial charge on any atom is -0.497 e. The predicted molar refractivity (Wildman–Crippen MR) is 104 cm³/mol. The quantitative estimate of drug-likeness (QED) is 0.391. The van der Waals surface area contributed by atoms with Gasteiger partial charge in [-0.3, -0.25) is 4.79 Å². The van der Waals surface area contributed by atoms with E-state index in [4.69, 9.17) is 14.2 Å². The number of rotatable bonds is 8. The largest absolute Gasteiger partial charge is 0.497 e.